The molecule has 0 amide bonds. The molecule has 1 saturated carbocycles. The van der Waals surface area contributed by atoms with Crippen molar-refractivity contribution in [2.75, 3.05) is 6.61 Å². The summed E-state index contributed by atoms with van der Waals surface area (Å²) in [5.74, 6) is -1.33. The van der Waals surface area contributed by atoms with E-state index in [9.17, 15) is 13.6 Å². The molecule has 5 aromatic rings. The molecule has 7 heteroatoms. The minimum atomic E-state index is -0.917. The zero-order valence-corrected chi connectivity index (χ0v) is 22.8. The Morgan fingerprint density at radius 1 is 0.902 bits per heavy atom. The fourth-order valence-electron chi connectivity index (χ4n) is 5.24. The van der Waals surface area contributed by atoms with Crippen LogP contribution in [0.1, 0.15) is 42.3 Å². The summed E-state index contributed by atoms with van der Waals surface area (Å²) in [6.07, 6.45) is 2.06. The van der Waals surface area contributed by atoms with Crippen LogP contribution < -0.4 is 0 Å². The van der Waals surface area contributed by atoms with Gasteiger partial charge in [0, 0.05) is 28.8 Å². The summed E-state index contributed by atoms with van der Waals surface area (Å²) in [6, 6.07) is 25.5. The van der Waals surface area contributed by atoms with Crippen molar-refractivity contribution in [1.82, 2.24) is 10.1 Å². The zero-order valence-electron chi connectivity index (χ0n) is 22.8. The molecule has 5 nitrogen and oxygen atoms in total. The molecule has 0 aliphatic heterocycles. The lowest BCUT2D eigenvalue weighted by atomic mass is 9.93. The second-order valence-electron chi connectivity index (χ2n) is 10.3. The third-order valence-electron chi connectivity index (χ3n) is 7.71. The van der Waals surface area contributed by atoms with Gasteiger partial charge in [-0.05, 0) is 67.6 Å². The third kappa shape index (κ3) is 5.04. The molecule has 1 fully saturated rings. The van der Waals surface area contributed by atoms with Crippen LogP contribution in [0.15, 0.2) is 89.5 Å². The monoisotopic (exact) mass is 550 g/mol. The number of rotatable bonds is 8. The van der Waals surface area contributed by atoms with Crippen LogP contribution in [0.4, 0.5) is 8.78 Å². The van der Waals surface area contributed by atoms with Crippen LogP contribution in [0, 0.1) is 18.6 Å². The van der Waals surface area contributed by atoms with Gasteiger partial charge in [0.25, 0.3) is 0 Å². The third-order valence-corrected chi connectivity index (χ3v) is 7.71. The molecular formula is C34H28F2N2O3. The average molecular weight is 551 g/mol. The van der Waals surface area contributed by atoms with Crippen molar-refractivity contribution in [2.24, 2.45) is 0 Å². The van der Waals surface area contributed by atoms with Gasteiger partial charge in [0.1, 0.15) is 0 Å². The summed E-state index contributed by atoms with van der Waals surface area (Å²) in [6.45, 7) is 4.09. The lowest BCUT2D eigenvalue weighted by Gasteiger charge is -2.14. The number of aromatic nitrogens is 2. The maximum atomic E-state index is 14.4. The number of carbonyl (C=O) groups excluding carboxylic acids is 1. The largest absolute Gasteiger partial charge is 0.465 e. The topological polar surface area (TPSA) is 65.2 Å². The second-order valence-corrected chi connectivity index (χ2v) is 10.3. The Bertz CT molecular complexity index is 1720. The number of hydrogen-bond donors (Lipinski definition) is 0. The Balaban J connectivity index is 1.22. The van der Waals surface area contributed by atoms with Crippen molar-refractivity contribution in [3.05, 3.63) is 119 Å². The van der Waals surface area contributed by atoms with Gasteiger partial charge in [-0.3, -0.25) is 9.78 Å². The Morgan fingerprint density at radius 3 is 2.24 bits per heavy atom. The number of benzene rings is 3. The van der Waals surface area contributed by atoms with Gasteiger partial charge in [-0.1, -0.05) is 65.8 Å². The van der Waals surface area contributed by atoms with Gasteiger partial charge < -0.3 is 9.26 Å². The van der Waals surface area contributed by atoms with Crippen molar-refractivity contribution in [2.45, 2.75) is 38.5 Å². The molecule has 0 saturated heterocycles. The van der Waals surface area contributed by atoms with Crippen LogP contribution in [0.2, 0.25) is 0 Å². The number of carbonyl (C=O) groups is 1. The maximum absolute atomic E-state index is 14.4. The van der Waals surface area contributed by atoms with Crippen molar-refractivity contribution < 1.29 is 22.8 Å². The number of hydrogen-bond acceptors (Lipinski definition) is 5. The Kier molecular flexibility index (Phi) is 6.95. The number of nitrogens with zero attached hydrogens (tertiary/aromatic N) is 2. The van der Waals surface area contributed by atoms with E-state index < -0.39 is 17.0 Å². The van der Waals surface area contributed by atoms with E-state index in [2.05, 4.69) is 10.1 Å². The number of ether oxygens (including phenoxy) is 1. The SMILES string of the molecule is CCOC(=O)C1(c2ccc(-c3ccc(-c4onc(C)c4Cc4cccc(-c5cccc(F)c5F)n4)cc3)cc2)CC1. The molecule has 2 aromatic heterocycles. The number of halogens is 2. The molecule has 6 rings (SSSR count). The molecule has 0 N–H and O–H groups in total. The minimum absolute atomic E-state index is 0.117. The highest BCUT2D eigenvalue weighted by Crippen LogP contribution is 2.49. The zero-order chi connectivity index (χ0) is 28.6. The molecule has 0 spiro atoms. The highest BCUT2D eigenvalue weighted by Gasteiger charge is 2.52. The summed E-state index contributed by atoms with van der Waals surface area (Å²) in [4.78, 5) is 17.0. The Labute approximate surface area is 236 Å². The lowest BCUT2D eigenvalue weighted by Crippen LogP contribution is -2.23. The first-order chi connectivity index (χ1) is 19.9. The van der Waals surface area contributed by atoms with Gasteiger partial charge in [0.2, 0.25) is 0 Å². The Morgan fingerprint density at radius 2 is 1.56 bits per heavy atom. The van der Waals surface area contributed by atoms with E-state index >= 15 is 0 Å². The fraction of sp³-hybridized carbons (Fsp3) is 0.206. The van der Waals surface area contributed by atoms with Crippen molar-refractivity contribution in [3.63, 3.8) is 0 Å². The lowest BCUT2D eigenvalue weighted by molar-refractivity contribution is -0.146. The summed E-state index contributed by atoms with van der Waals surface area (Å²) in [5, 5.41) is 4.19. The molecule has 41 heavy (non-hydrogen) atoms. The molecular weight excluding hydrogens is 522 g/mol. The van der Waals surface area contributed by atoms with Crippen LogP contribution >= 0.6 is 0 Å². The minimum Gasteiger partial charge on any atom is -0.465 e. The van der Waals surface area contributed by atoms with Gasteiger partial charge in [-0.15, -0.1) is 0 Å². The summed E-state index contributed by atoms with van der Waals surface area (Å²) < 4.78 is 39.2. The molecule has 0 radical (unpaired) electrons. The number of aryl methyl sites for hydroxylation is 1. The molecule has 1 aliphatic carbocycles. The van der Waals surface area contributed by atoms with Gasteiger partial charge in [-0.25, -0.2) is 8.78 Å². The summed E-state index contributed by atoms with van der Waals surface area (Å²) >= 11 is 0. The highest BCUT2D eigenvalue weighted by molar-refractivity contribution is 5.87. The molecule has 3 aromatic carbocycles. The number of esters is 1. The van der Waals surface area contributed by atoms with E-state index in [4.69, 9.17) is 9.26 Å². The second kappa shape index (κ2) is 10.7. The van der Waals surface area contributed by atoms with Gasteiger partial charge >= 0.3 is 5.97 Å². The molecule has 0 atom stereocenters. The smallest absolute Gasteiger partial charge is 0.316 e. The van der Waals surface area contributed by atoms with E-state index in [0.29, 0.717) is 30.2 Å². The van der Waals surface area contributed by atoms with Crippen LogP contribution in [0.5, 0.6) is 0 Å². The first kappa shape index (κ1) is 26.6. The summed E-state index contributed by atoms with van der Waals surface area (Å²) in [5.41, 5.74) is 6.23. The number of pyridine rings is 1. The van der Waals surface area contributed by atoms with Crippen molar-refractivity contribution >= 4 is 5.97 Å². The first-order valence-corrected chi connectivity index (χ1v) is 13.6. The maximum Gasteiger partial charge on any atom is 0.316 e. The highest BCUT2D eigenvalue weighted by atomic mass is 19.2. The quantitative estimate of drug-likeness (QED) is 0.184. The molecule has 0 bridgehead atoms. The summed E-state index contributed by atoms with van der Waals surface area (Å²) in [7, 11) is 0. The van der Waals surface area contributed by atoms with Crippen LogP contribution in [0.25, 0.3) is 33.7 Å². The molecule has 0 unspecified atom stereocenters. The van der Waals surface area contributed by atoms with E-state index in [1.165, 1.54) is 12.1 Å². The predicted molar refractivity (Wildman–Crippen MR) is 152 cm³/mol. The van der Waals surface area contributed by atoms with E-state index in [1.54, 1.807) is 12.1 Å². The average Bonchev–Trinajstić information content (AvgIpc) is 3.74. The normalized spacial score (nSPS) is 13.7. The van der Waals surface area contributed by atoms with Crippen LogP contribution in [-0.4, -0.2) is 22.7 Å². The van der Waals surface area contributed by atoms with Crippen molar-refractivity contribution in [1.29, 1.82) is 0 Å². The molecule has 2 heterocycles. The van der Waals surface area contributed by atoms with Gasteiger partial charge in [-0.2, -0.15) is 0 Å². The van der Waals surface area contributed by atoms with Crippen molar-refractivity contribution in [3.8, 4) is 33.7 Å². The van der Waals surface area contributed by atoms with Gasteiger partial charge in [0.05, 0.1) is 23.4 Å². The molecule has 206 valence electrons. The van der Waals surface area contributed by atoms with Crippen LogP contribution in [0.3, 0.4) is 0 Å². The van der Waals surface area contributed by atoms with Gasteiger partial charge in [0.15, 0.2) is 17.4 Å². The van der Waals surface area contributed by atoms with E-state index in [1.807, 2.05) is 68.4 Å². The predicted octanol–water partition coefficient (Wildman–Crippen LogP) is 7.84. The standard InChI is InChI=1S/C34H28F2N2O3/c1-3-40-33(39)34(18-19-34)25-16-14-23(15-17-25)22-10-12-24(13-11-22)32-28(21(2)38-41-32)20-26-6-4-9-30(37-26)27-7-5-8-29(35)31(27)36/h4-17H,3,18-20H2,1-2H3. The first-order valence-electron chi connectivity index (χ1n) is 13.6. The fourth-order valence-corrected chi connectivity index (χ4v) is 5.24. The van der Waals surface area contributed by atoms with E-state index in [0.717, 1.165) is 52.4 Å². The van der Waals surface area contributed by atoms with Crippen LogP contribution in [-0.2, 0) is 21.4 Å². The Hall–Kier alpha value is -4.65. The molecule has 1 aliphatic rings. The van der Waals surface area contributed by atoms with E-state index in [-0.39, 0.29) is 11.5 Å².